The van der Waals surface area contributed by atoms with Gasteiger partial charge in [-0.2, -0.15) is 0 Å². The van der Waals surface area contributed by atoms with Gasteiger partial charge in [0, 0.05) is 5.56 Å². The summed E-state index contributed by atoms with van der Waals surface area (Å²) in [4.78, 5) is 12.4. The molecule has 0 saturated carbocycles. The van der Waals surface area contributed by atoms with Gasteiger partial charge in [-0.05, 0) is 43.0 Å². The molecule has 0 aromatic heterocycles. The van der Waals surface area contributed by atoms with E-state index in [0.29, 0.717) is 5.56 Å². The fourth-order valence-electron chi connectivity index (χ4n) is 2.38. The van der Waals surface area contributed by atoms with Gasteiger partial charge < -0.3 is 9.84 Å². The number of aliphatic hydroxyl groups is 1. The molecular formula is C16H24O3. The number of methoxy groups -OCH3 is 1. The Morgan fingerprint density at radius 3 is 2.26 bits per heavy atom. The topological polar surface area (TPSA) is 46.5 Å². The maximum absolute atomic E-state index is 12.4. The van der Waals surface area contributed by atoms with Crippen LogP contribution in [-0.4, -0.2) is 24.1 Å². The second-order valence-corrected chi connectivity index (χ2v) is 5.02. The highest BCUT2D eigenvalue weighted by molar-refractivity contribution is 6.01. The summed E-state index contributed by atoms with van der Waals surface area (Å²) in [5.41, 5.74) is 2.35. The Kier molecular flexibility index (Phi) is 5.55. The third-order valence-electron chi connectivity index (χ3n) is 3.77. The van der Waals surface area contributed by atoms with Crippen molar-refractivity contribution in [3.8, 4) is 5.75 Å². The number of benzene rings is 1. The van der Waals surface area contributed by atoms with Crippen LogP contribution in [0, 0.1) is 19.8 Å². The molecule has 0 aliphatic heterocycles. The van der Waals surface area contributed by atoms with Crippen molar-refractivity contribution in [2.75, 3.05) is 7.11 Å². The Hall–Kier alpha value is -1.35. The van der Waals surface area contributed by atoms with Crippen molar-refractivity contribution < 1.29 is 14.6 Å². The van der Waals surface area contributed by atoms with Gasteiger partial charge in [-0.3, -0.25) is 4.79 Å². The number of hydrogen-bond acceptors (Lipinski definition) is 3. The summed E-state index contributed by atoms with van der Waals surface area (Å²) in [5, 5.41) is 10.2. The molecule has 1 unspecified atom stereocenters. The van der Waals surface area contributed by atoms with E-state index in [2.05, 4.69) is 0 Å². The first-order valence-corrected chi connectivity index (χ1v) is 6.83. The molecule has 3 heteroatoms. The maximum Gasteiger partial charge on any atom is 0.191 e. The molecule has 0 aliphatic rings. The molecule has 0 spiro atoms. The molecule has 3 nitrogen and oxygen atoms in total. The first-order chi connectivity index (χ1) is 8.96. The van der Waals surface area contributed by atoms with Crippen molar-refractivity contribution in [2.24, 2.45) is 5.92 Å². The number of hydrogen-bond donors (Lipinski definition) is 1. The fourth-order valence-corrected chi connectivity index (χ4v) is 2.38. The minimum absolute atomic E-state index is 0.0225. The van der Waals surface area contributed by atoms with E-state index in [0.717, 1.165) is 29.7 Å². The first-order valence-electron chi connectivity index (χ1n) is 6.83. The Bertz CT molecular complexity index is 448. The molecule has 0 saturated heterocycles. The molecule has 1 rings (SSSR count). The van der Waals surface area contributed by atoms with E-state index in [1.807, 2.05) is 39.8 Å². The Labute approximate surface area is 115 Å². The number of Topliss-reactive ketones (excluding diaryl/α,β-unsaturated/α-hetero) is 1. The largest absolute Gasteiger partial charge is 0.496 e. The highest BCUT2D eigenvalue weighted by atomic mass is 16.5. The summed E-state index contributed by atoms with van der Waals surface area (Å²) in [6, 6.07) is 3.66. The van der Waals surface area contributed by atoms with Gasteiger partial charge in [0.1, 0.15) is 11.9 Å². The van der Waals surface area contributed by atoms with Crippen molar-refractivity contribution in [1.82, 2.24) is 0 Å². The quantitative estimate of drug-likeness (QED) is 0.802. The molecule has 1 N–H and O–H groups in total. The summed E-state index contributed by atoms with van der Waals surface area (Å²) in [6.45, 7) is 7.76. The lowest BCUT2D eigenvalue weighted by Gasteiger charge is -2.20. The van der Waals surface area contributed by atoms with Gasteiger partial charge in [-0.25, -0.2) is 0 Å². The van der Waals surface area contributed by atoms with E-state index in [9.17, 15) is 9.90 Å². The van der Waals surface area contributed by atoms with Crippen LogP contribution in [-0.2, 0) is 0 Å². The number of ketones is 1. The number of carbonyl (C=O) groups excluding carboxylic acids is 1. The number of rotatable bonds is 6. The van der Waals surface area contributed by atoms with E-state index < -0.39 is 6.10 Å². The minimum atomic E-state index is -0.915. The predicted octanol–water partition coefficient (Wildman–Crippen LogP) is 3.29. The highest BCUT2D eigenvalue weighted by Crippen LogP contribution is 2.25. The summed E-state index contributed by atoms with van der Waals surface area (Å²) in [5.74, 6) is 0.609. The lowest BCUT2D eigenvalue weighted by molar-refractivity contribution is 0.0587. The molecule has 1 atom stereocenters. The summed E-state index contributed by atoms with van der Waals surface area (Å²) >= 11 is 0. The van der Waals surface area contributed by atoms with Crippen LogP contribution < -0.4 is 4.74 Å². The standard InChI is InChI=1S/C16H24O3/c1-6-12(7-2)15(17)16(18)13-8-11(4)14(19-5)9-10(13)3/h8-9,12,15,17H,6-7H2,1-5H3. The summed E-state index contributed by atoms with van der Waals surface area (Å²) < 4.78 is 5.24. The van der Waals surface area contributed by atoms with Gasteiger partial charge in [0.2, 0.25) is 0 Å². The average molecular weight is 264 g/mol. The molecular weight excluding hydrogens is 240 g/mol. The van der Waals surface area contributed by atoms with E-state index >= 15 is 0 Å². The smallest absolute Gasteiger partial charge is 0.191 e. The molecule has 0 heterocycles. The molecule has 1 aromatic carbocycles. The summed E-state index contributed by atoms with van der Waals surface area (Å²) in [6.07, 6.45) is 0.691. The molecule has 106 valence electrons. The van der Waals surface area contributed by atoms with E-state index in [1.54, 1.807) is 7.11 Å². The summed E-state index contributed by atoms with van der Waals surface area (Å²) in [7, 11) is 1.61. The van der Waals surface area contributed by atoms with Crippen molar-refractivity contribution in [2.45, 2.75) is 46.6 Å². The molecule has 19 heavy (non-hydrogen) atoms. The van der Waals surface area contributed by atoms with Crippen LogP contribution in [0.5, 0.6) is 5.75 Å². The van der Waals surface area contributed by atoms with Crippen LogP contribution in [0.1, 0.15) is 48.2 Å². The number of carbonyl (C=O) groups is 1. The molecule has 1 aromatic rings. The monoisotopic (exact) mass is 264 g/mol. The van der Waals surface area contributed by atoms with Crippen LogP contribution in [0.4, 0.5) is 0 Å². The van der Waals surface area contributed by atoms with Crippen LogP contribution in [0.3, 0.4) is 0 Å². The highest BCUT2D eigenvalue weighted by Gasteiger charge is 2.26. The first kappa shape index (κ1) is 15.7. The Morgan fingerprint density at radius 2 is 1.79 bits per heavy atom. The predicted molar refractivity (Wildman–Crippen MR) is 76.9 cm³/mol. The molecule has 0 amide bonds. The van der Waals surface area contributed by atoms with E-state index in [1.165, 1.54) is 0 Å². The molecule has 0 aliphatic carbocycles. The van der Waals surface area contributed by atoms with Crippen molar-refractivity contribution in [3.05, 3.63) is 28.8 Å². The van der Waals surface area contributed by atoms with Crippen LogP contribution in [0.25, 0.3) is 0 Å². The van der Waals surface area contributed by atoms with Crippen LogP contribution >= 0.6 is 0 Å². The third kappa shape index (κ3) is 3.35. The third-order valence-corrected chi connectivity index (χ3v) is 3.77. The zero-order valence-corrected chi connectivity index (χ0v) is 12.5. The van der Waals surface area contributed by atoms with E-state index in [-0.39, 0.29) is 11.7 Å². The fraction of sp³-hybridized carbons (Fsp3) is 0.562. The van der Waals surface area contributed by atoms with Crippen LogP contribution in [0.2, 0.25) is 0 Å². The minimum Gasteiger partial charge on any atom is -0.496 e. The second kappa shape index (κ2) is 6.71. The number of ether oxygens (including phenoxy) is 1. The number of aryl methyl sites for hydroxylation is 2. The Morgan fingerprint density at radius 1 is 1.21 bits per heavy atom. The maximum atomic E-state index is 12.4. The molecule has 0 radical (unpaired) electrons. The average Bonchev–Trinajstić information content (AvgIpc) is 2.41. The second-order valence-electron chi connectivity index (χ2n) is 5.02. The normalized spacial score (nSPS) is 12.6. The lowest BCUT2D eigenvalue weighted by Crippen LogP contribution is -2.29. The van der Waals surface area contributed by atoms with Crippen molar-refractivity contribution in [1.29, 1.82) is 0 Å². The van der Waals surface area contributed by atoms with Crippen molar-refractivity contribution >= 4 is 5.78 Å². The molecule has 0 fully saturated rings. The van der Waals surface area contributed by atoms with Gasteiger partial charge in [-0.1, -0.05) is 26.7 Å². The van der Waals surface area contributed by atoms with Gasteiger partial charge in [0.15, 0.2) is 5.78 Å². The zero-order valence-electron chi connectivity index (χ0n) is 12.5. The van der Waals surface area contributed by atoms with Crippen molar-refractivity contribution in [3.63, 3.8) is 0 Å². The van der Waals surface area contributed by atoms with Crippen LogP contribution in [0.15, 0.2) is 12.1 Å². The van der Waals surface area contributed by atoms with Gasteiger partial charge in [0.05, 0.1) is 7.11 Å². The Balaban J connectivity index is 3.09. The lowest BCUT2D eigenvalue weighted by atomic mass is 9.89. The van der Waals surface area contributed by atoms with Gasteiger partial charge in [0.25, 0.3) is 0 Å². The zero-order chi connectivity index (χ0) is 14.6. The van der Waals surface area contributed by atoms with Gasteiger partial charge >= 0.3 is 0 Å². The number of aliphatic hydroxyl groups excluding tert-OH is 1. The van der Waals surface area contributed by atoms with Gasteiger partial charge in [-0.15, -0.1) is 0 Å². The van der Waals surface area contributed by atoms with E-state index in [4.69, 9.17) is 4.74 Å². The SMILES string of the molecule is CCC(CC)C(O)C(=O)c1cc(C)c(OC)cc1C. The molecule has 0 bridgehead atoms.